The summed E-state index contributed by atoms with van der Waals surface area (Å²) in [6.07, 6.45) is 3.61. The van der Waals surface area contributed by atoms with E-state index in [1.807, 2.05) is 45.0 Å². The van der Waals surface area contributed by atoms with Crippen molar-refractivity contribution >= 4 is 29.7 Å². The van der Waals surface area contributed by atoms with Crippen LogP contribution in [0.1, 0.15) is 39.1 Å². The predicted octanol–water partition coefficient (Wildman–Crippen LogP) is 3.80. The summed E-state index contributed by atoms with van der Waals surface area (Å²) in [6.45, 7) is 5.73. The van der Waals surface area contributed by atoms with Gasteiger partial charge < -0.3 is 9.40 Å². The number of rotatable bonds is 6. The molecule has 24 heavy (non-hydrogen) atoms. The highest BCUT2D eigenvalue weighted by Gasteiger charge is 2.13. The van der Waals surface area contributed by atoms with Gasteiger partial charge in [-0.2, -0.15) is 0 Å². The van der Waals surface area contributed by atoms with E-state index in [-0.39, 0.29) is 5.78 Å². The smallest absolute Gasteiger partial charge is 0.209 e. The van der Waals surface area contributed by atoms with Gasteiger partial charge in [0, 0.05) is 17.0 Å². The molecule has 0 aliphatic carbocycles. The van der Waals surface area contributed by atoms with Crippen LogP contribution in [0.25, 0.3) is 12.2 Å². The van der Waals surface area contributed by atoms with Crippen LogP contribution < -0.4 is 0 Å². The molecule has 3 heterocycles. The van der Waals surface area contributed by atoms with Gasteiger partial charge in [-0.15, -0.1) is 5.10 Å². The Morgan fingerprint density at radius 2 is 2.12 bits per heavy atom. The minimum Gasteiger partial charge on any atom is -0.462 e. The lowest BCUT2D eigenvalue weighted by Gasteiger charge is -1.97. The molecule has 6 nitrogen and oxygen atoms in total. The van der Waals surface area contributed by atoms with Crippen molar-refractivity contribution in [1.82, 2.24) is 20.2 Å². The zero-order valence-corrected chi connectivity index (χ0v) is 14.5. The number of hydrogen-bond donors (Lipinski definition) is 2. The third kappa shape index (κ3) is 3.86. The van der Waals surface area contributed by atoms with Gasteiger partial charge in [-0.3, -0.25) is 9.89 Å². The van der Waals surface area contributed by atoms with Crippen LogP contribution in [0, 0.1) is 20.8 Å². The zero-order valence-electron chi connectivity index (χ0n) is 13.7. The predicted molar refractivity (Wildman–Crippen MR) is 94.1 cm³/mol. The summed E-state index contributed by atoms with van der Waals surface area (Å²) in [5.41, 5.74) is 2.61. The van der Waals surface area contributed by atoms with Crippen molar-refractivity contribution in [2.75, 3.05) is 5.75 Å². The van der Waals surface area contributed by atoms with Crippen molar-refractivity contribution in [3.05, 3.63) is 52.5 Å². The lowest BCUT2D eigenvalue weighted by atomic mass is 10.2. The molecule has 124 valence electrons. The van der Waals surface area contributed by atoms with Gasteiger partial charge in [0.25, 0.3) is 0 Å². The Labute approximate surface area is 143 Å². The SMILES string of the molecule is Cc1cc(C(=O)CSc2n[nH]c(/C=C/c3ccc(C)o3)n2)c(C)[nH]1. The molecule has 0 amide bonds. The highest BCUT2D eigenvalue weighted by Crippen LogP contribution is 2.18. The number of nitrogens with zero attached hydrogens (tertiary/aromatic N) is 2. The van der Waals surface area contributed by atoms with Crippen LogP contribution in [0.5, 0.6) is 0 Å². The summed E-state index contributed by atoms with van der Waals surface area (Å²) >= 11 is 1.31. The number of Topliss-reactive ketones (excluding diaryl/α,β-unsaturated/α-hetero) is 1. The van der Waals surface area contributed by atoms with Gasteiger partial charge >= 0.3 is 0 Å². The van der Waals surface area contributed by atoms with Crippen molar-refractivity contribution in [2.45, 2.75) is 25.9 Å². The molecule has 0 radical (unpaired) electrons. The van der Waals surface area contributed by atoms with Crippen molar-refractivity contribution in [3.63, 3.8) is 0 Å². The van der Waals surface area contributed by atoms with Crippen LogP contribution in [0.2, 0.25) is 0 Å². The number of H-pyrrole nitrogens is 2. The first-order valence-corrected chi connectivity index (χ1v) is 8.49. The molecule has 0 saturated carbocycles. The topological polar surface area (TPSA) is 87.6 Å². The minimum absolute atomic E-state index is 0.0646. The summed E-state index contributed by atoms with van der Waals surface area (Å²) in [7, 11) is 0. The molecule has 0 aliphatic rings. The second-order valence-electron chi connectivity index (χ2n) is 5.49. The van der Waals surface area contributed by atoms with E-state index in [1.165, 1.54) is 11.8 Å². The van der Waals surface area contributed by atoms with Crippen molar-refractivity contribution in [2.24, 2.45) is 0 Å². The molecule has 0 unspecified atom stereocenters. The fourth-order valence-corrected chi connectivity index (χ4v) is 3.01. The Hall–Kier alpha value is -2.54. The van der Waals surface area contributed by atoms with Crippen LogP contribution in [0.4, 0.5) is 0 Å². The second-order valence-corrected chi connectivity index (χ2v) is 6.43. The average Bonchev–Trinajstić information content (AvgIpc) is 3.23. The van der Waals surface area contributed by atoms with E-state index in [0.717, 1.165) is 28.5 Å². The Kier molecular flexibility index (Phi) is 4.71. The van der Waals surface area contributed by atoms with Crippen molar-refractivity contribution < 1.29 is 9.21 Å². The second kappa shape index (κ2) is 6.92. The highest BCUT2D eigenvalue weighted by atomic mass is 32.2. The fraction of sp³-hybridized carbons (Fsp3) is 0.235. The first kappa shape index (κ1) is 16.3. The maximum Gasteiger partial charge on any atom is 0.209 e. The van der Waals surface area contributed by atoms with Gasteiger partial charge in [-0.1, -0.05) is 11.8 Å². The van der Waals surface area contributed by atoms with Crippen molar-refractivity contribution in [3.8, 4) is 0 Å². The molecule has 0 spiro atoms. The monoisotopic (exact) mass is 342 g/mol. The molecule has 0 aromatic carbocycles. The number of ketones is 1. The summed E-state index contributed by atoms with van der Waals surface area (Å²) in [5.74, 6) is 2.60. The van der Waals surface area contributed by atoms with Crippen LogP contribution in [0.15, 0.2) is 27.8 Å². The number of carbonyl (C=O) groups excluding carboxylic acids is 1. The lowest BCUT2D eigenvalue weighted by molar-refractivity contribution is 0.102. The number of aromatic nitrogens is 4. The standard InChI is InChI=1S/C17H18N4O2S/c1-10-8-14(12(3)18-10)15(22)9-24-17-19-16(20-21-17)7-6-13-5-4-11(2)23-13/h4-8,18H,9H2,1-3H3,(H,19,20,21)/b7-6+. The molecular formula is C17H18N4O2S. The zero-order chi connectivity index (χ0) is 17.1. The number of nitrogens with one attached hydrogen (secondary N) is 2. The summed E-state index contributed by atoms with van der Waals surface area (Å²) in [6, 6.07) is 5.66. The molecule has 3 aromatic heterocycles. The van der Waals surface area contributed by atoms with Crippen LogP contribution >= 0.6 is 11.8 Å². The molecule has 3 rings (SSSR count). The third-order valence-electron chi connectivity index (χ3n) is 3.43. The van der Waals surface area contributed by atoms with Crippen LogP contribution in [-0.2, 0) is 0 Å². The molecule has 2 N–H and O–H groups in total. The van der Waals surface area contributed by atoms with E-state index in [0.29, 0.717) is 16.7 Å². The lowest BCUT2D eigenvalue weighted by Crippen LogP contribution is -2.03. The minimum atomic E-state index is 0.0646. The van der Waals surface area contributed by atoms with Crippen LogP contribution in [-0.4, -0.2) is 31.7 Å². The van der Waals surface area contributed by atoms with Gasteiger partial charge in [0.05, 0.1) is 5.75 Å². The molecular weight excluding hydrogens is 324 g/mol. The van der Waals surface area contributed by atoms with Gasteiger partial charge in [-0.05, 0) is 51.1 Å². The van der Waals surface area contributed by atoms with E-state index in [2.05, 4.69) is 20.2 Å². The Balaban J connectivity index is 1.59. The van der Waals surface area contributed by atoms with E-state index < -0.39 is 0 Å². The van der Waals surface area contributed by atoms with E-state index in [9.17, 15) is 4.79 Å². The molecule has 0 bridgehead atoms. The molecule has 0 atom stereocenters. The fourth-order valence-electron chi connectivity index (χ4n) is 2.32. The number of hydrogen-bond acceptors (Lipinski definition) is 5. The molecule has 0 aliphatic heterocycles. The molecule has 0 saturated heterocycles. The van der Waals surface area contributed by atoms with Gasteiger partial charge in [-0.25, -0.2) is 4.98 Å². The number of carbonyl (C=O) groups is 1. The largest absolute Gasteiger partial charge is 0.462 e. The van der Waals surface area contributed by atoms with E-state index in [4.69, 9.17) is 4.42 Å². The Morgan fingerprint density at radius 1 is 1.29 bits per heavy atom. The third-order valence-corrected chi connectivity index (χ3v) is 4.28. The van der Waals surface area contributed by atoms with Crippen LogP contribution in [0.3, 0.4) is 0 Å². The first-order valence-electron chi connectivity index (χ1n) is 7.50. The number of aromatic amines is 2. The normalized spacial score (nSPS) is 11.5. The molecule has 7 heteroatoms. The maximum absolute atomic E-state index is 12.2. The van der Waals surface area contributed by atoms with Crippen molar-refractivity contribution in [1.29, 1.82) is 0 Å². The number of furan rings is 1. The maximum atomic E-state index is 12.2. The highest BCUT2D eigenvalue weighted by molar-refractivity contribution is 7.99. The first-order chi connectivity index (χ1) is 11.5. The van der Waals surface area contributed by atoms with Gasteiger partial charge in [0.15, 0.2) is 5.78 Å². The van der Waals surface area contributed by atoms with Gasteiger partial charge in [0.1, 0.15) is 17.3 Å². The van der Waals surface area contributed by atoms with Gasteiger partial charge in [0.2, 0.25) is 5.16 Å². The summed E-state index contributed by atoms with van der Waals surface area (Å²) in [4.78, 5) is 19.7. The molecule has 0 fully saturated rings. The number of aryl methyl sites for hydroxylation is 3. The summed E-state index contributed by atoms with van der Waals surface area (Å²) < 4.78 is 5.45. The molecule has 3 aromatic rings. The number of thioether (sulfide) groups is 1. The van der Waals surface area contributed by atoms with E-state index >= 15 is 0 Å². The Bertz CT molecular complexity index is 888. The quantitative estimate of drug-likeness (QED) is 0.525. The summed E-state index contributed by atoms with van der Waals surface area (Å²) in [5, 5.41) is 7.49. The average molecular weight is 342 g/mol. The van der Waals surface area contributed by atoms with E-state index in [1.54, 1.807) is 6.08 Å². The Morgan fingerprint density at radius 3 is 2.79 bits per heavy atom.